The average molecular weight is 576 g/mol. The fourth-order valence-corrected chi connectivity index (χ4v) is 5.05. The summed E-state index contributed by atoms with van der Waals surface area (Å²) < 4.78 is 69.8. The molecule has 1 amide bonds. The van der Waals surface area contributed by atoms with E-state index in [1.165, 1.54) is 36.4 Å². The summed E-state index contributed by atoms with van der Waals surface area (Å²) in [5.41, 5.74) is 1.49. The third-order valence-corrected chi connectivity index (χ3v) is 7.14. The number of hydrogen-bond donors (Lipinski definition) is 3. The van der Waals surface area contributed by atoms with Crippen molar-refractivity contribution in [1.29, 1.82) is 0 Å². The number of sulfonamides is 1. The van der Waals surface area contributed by atoms with E-state index in [4.69, 9.17) is 9.88 Å². The monoisotopic (exact) mass is 575 g/mol. The number of primary sulfonamides is 1. The molecular formula is C25H24F3N7O4S. The number of para-hydroxylation sites is 1. The molecule has 1 fully saturated rings. The SMILES string of the molecule is NS(=O)(=O)c1ccccc1Nc1nc(-c2cccc(C(=O)NCC(F)(F)F)c2)c2ncn(C3CCCCO3)c2n1. The highest BCUT2D eigenvalue weighted by Gasteiger charge is 2.28. The molecule has 2 aromatic heterocycles. The molecule has 4 N–H and O–H groups in total. The molecule has 15 heteroatoms. The smallest absolute Gasteiger partial charge is 0.358 e. The highest BCUT2D eigenvalue weighted by atomic mass is 32.2. The predicted octanol–water partition coefficient (Wildman–Crippen LogP) is 3.88. The van der Waals surface area contributed by atoms with Crippen LogP contribution < -0.4 is 15.8 Å². The number of nitrogens with zero attached hydrogens (tertiary/aromatic N) is 4. The summed E-state index contributed by atoms with van der Waals surface area (Å²) >= 11 is 0. The highest BCUT2D eigenvalue weighted by molar-refractivity contribution is 7.89. The van der Waals surface area contributed by atoms with Gasteiger partial charge in [-0.2, -0.15) is 18.2 Å². The molecule has 210 valence electrons. The van der Waals surface area contributed by atoms with Gasteiger partial charge in [0.05, 0.1) is 12.0 Å². The van der Waals surface area contributed by atoms with E-state index in [2.05, 4.69) is 20.3 Å². The second-order valence-electron chi connectivity index (χ2n) is 9.09. The lowest BCUT2D eigenvalue weighted by molar-refractivity contribution is -0.123. The molecule has 4 aromatic rings. The summed E-state index contributed by atoms with van der Waals surface area (Å²) in [7, 11) is -4.08. The number of aromatic nitrogens is 4. The van der Waals surface area contributed by atoms with E-state index in [1.807, 2.05) is 5.32 Å². The molecule has 0 radical (unpaired) electrons. The van der Waals surface area contributed by atoms with Crippen LogP contribution in [0, 0.1) is 0 Å². The number of hydrogen-bond acceptors (Lipinski definition) is 8. The van der Waals surface area contributed by atoms with Crippen LogP contribution in [0.25, 0.3) is 22.4 Å². The standard InChI is InChI=1S/C25H24F3N7O4S/c26-25(27,28)13-30-23(36)16-7-5-6-15(12-16)20-21-22(35(14-31-21)19-10-3-4-11-39-19)34-24(33-20)32-17-8-1-2-9-18(17)40(29,37)38/h1-2,5-9,12,14,19H,3-4,10-11,13H2,(H,30,36)(H2,29,37,38)(H,32,33,34). The molecule has 11 nitrogen and oxygen atoms in total. The molecule has 1 aliphatic heterocycles. The Morgan fingerprint density at radius 1 is 1.12 bits per heavy atom. The molecule has 5 rings (SSSR count). The number of nitrogens with two attached hydrogens (primary N) is 1. The van der Waals surface area contributed by atoms with Gasteiger partial charge < -0.3 is 15.4 Å². The average Bonchev–Trinajstić information content (AvgIpc) is 3.35. The van der Waals surface area contributed by atoms with Gasteiger partial charge in [-0.3, -0.25) is 9.36 Å². The van der Waals surface area contributed by atoms with E-state index in [0.29, 0.717) is 23.3 Å². The minimum Gasteiger partial charge on any atom is -0.358 e. The summed E-state index contributed by atoms with van der Waals surface area (Å²) in [6.45, 7) is -0.915. The van der Waals surface area contributed by atoms with Crippen LogP contribution in [0.3, 0.4) is 0 Å². The molecule has 40 heavy (non-hydrogen) atoms. The van der Waals surface area contributed by atoms with Crippen LogP contribution >= 0.6 is 0 Å². The maximum atomic E-state index is 12.6. The van der Waals surface area contributed by atoms with Gasteiger partial charge in [-0.15, -0.1) is 0 Å². The molecule has 0 aliphatic carbocycles. The fourth-order valence-electron chi connectivity index (χ4n) is 4.36. The van der Waals surface area contributed by atoms with Gasteiger partial charge in [0, 0.05) is 17.7 Å². The Morgan fingerprint density at radius 3 is 2.65 bits per heavy atom. The number of halogens is 3. The molecule has 0 spiro atoms. The highest BCUT2D eigenvalue weighted by Crippen LogP contribution is 2.32. The Morgan fingerprint density at radius 2 is 1.93 bits per heavy atom. The first kappa shape index (κ1) is 27.5. The zero-order chi connectivity index (χ0) is 28.5. The van der Waals surface area contributed by atoms with Gasteiger partial charge in [0.25, 0.3) is 5.91 Å². The lowest BCUT2D eigenvalue weighted by Gasteiger charge is -2.24. The van der Waals surface area contributed by atoms with E-state index < -0.39 is 28.7 Å². The largest absolute Gasteiger partial charge is 0.405 e. The van der Waals surface area contributed by atoms with Gasteiger partial charge in [-0.25, -0.2) is 23.5 Å². The topological polar surface area (TPSA) is 154 Å². The number of fused-ring (bicyclic) bond motifs is 1. The molecule has 1 aliphatic rings. The van der Waals surface area contributed by atoms with Crippen LogP contribution in [0.15, 0.2) is 59.8 Å². The van der Waals surface area contributed by atoms with Crippen LogP contribution in [0.4, 0.5) is 24.8 Å². The lowest BCUT2D eigenvalue weighted by atomic mass is 10.1. The Labute approximate surface area is 226 Å². The van der Waals surface area contributed by atoms with E-state index in [1.54, 1.807) is 23.0 Å². The summed E-state index contributed by atoms with van der Waals surface area (Å²) in [5.74, 6) is -0.908. The number of ether oxygens (including phenoxy) is 1. The summed E-state index contributed by atoms with van der Waals surface area (Å²) in [6, 6.07) is 11.9. The minimum absolute atomic E-state index is 0.00286. The van der Waals surface area contributed by atoms with Crippen molar-refractivity contribution in [2.75, 3.05) is 18.5 Å². The molecular weight excluding hydrogens is 551 g/mol. The van der Waals surface area contributed by atoms with Crippen LogP contribution in [-0.2, 0) is 14.8 Å². The van der Waals surface area contributed by atoms with E-state index in [0.717, 1.165) is 19.3 Å². The number of carbonyl (C=O) groups is 1. The van der Waals surface area contributed by atoms with Crippen molar-refractivity contribution in [3.05, 3.63) is 60.4 Å². The Bertz CT molecular complexity index is 1670. The number of anilines is 2. The van der Waals surface area contributed by atoms with E-state index in [9.17, 15) is 26.4 Å². The molecule has 0 saturated carbocycles. The normalized spacial score (nSPS) is 16.1. The number of rotatable bonds is 7. The Balaban J connectivity index is 1.61. The zero-order valence-corrected chi connectivity index (χ0v) is 21.7. The van der Waals surface area contributed by atoms with Gasteiger partial charge in [-0.05, 0) is 43.5 Å². The predicted molar refractivity (Wildman–Crippen MR) is 139 cm³/mol. The second-order valence-corrected chi connectivity index (χ2v) is 10.6. The van der Waals surface area contributed by atoms with E-state index in [-0.39, 0.29) is 34.0 Å². The van der Waals surface area contributed by atoms with Gasteiger partial charge in [0.1, 0.15) is 28.9 Å². The number of alkyl halides is 3. The lowest BCUT2D eigenvalue weighted by Crippen LogP contribution is -2.33. The molecule has 1 atom stereocenters. The van der Waals surface area contributed by atoms with Crippen LogP contribution in [0.1, 0.15) is 35.8 Å². The van der Waals surface area contributed by atoms with Gasteiger partial charge >= 0.3 is 6.18 Å². The number of imidazole rings is 1. The maximum absolute atomic E-state index is 12.6. The first-order valence-corrected chi connectivity index (χ1v) is 13.7. The molecule has 0 bridgehead atoms. The van der Waals surface area contributed by atoms with Crippen LogP contribution in [-0.4, -0.2) is 53.2 Å². The zero-order valence-electron chi connectivity index (χ0n) is 20.9. The fraction of sp³-hybridized carbons (Fsp3) is 0.280. The van der Waals surface area contributed by atoms with Gasteiger partial charge in [0.2, 0.25) is 16.0 Å². The number of amides is 1. The molecule has 3 heterocycles. The van der Waals surface area contributed by atoms with Crippen molar-refractivity contribution in [2.45, 2.75) is 36.6 Å². The van der Waals surface area contributed by atoms with Gasteiger partial charge in [-0.1, -0.05) is 24.3 Å². The van der Waals surface area contributed by atoms with Crippen molar-refractivity contribution in [3.63, 3.8) is 0 Å². The van der Waals surface area contributed by atoms with Crippen molar-refractivity contribution < 1.29 is 31.1 Å². The summed E-state index contributed by atoms with van der Waals surface area (Å²) in [5, 5.41) is 10.1. The summed E-state index contributed by atoms with van der Waals surface area (Å²) in [4.78, 5) is 25.9. The summed E-state index contributed by atoms with van der Waals surface area (Å²) in [6.07, 6.45) is -0.773. The van der Waals surface area contributed by atoms with Crippen molar-refractivity contribution >= 4 is 38.7 Å². The molecule has 1 unspecified atom stereocenters. The minimum atomic E-state index is -4.56. The maximum Gasteiger partial charge on any atom is 0.405 e. The third-order valence-electron chi connectivity index (χ3n) is 6.17. The molecule has 2 aromatic carbocycles. The number of benzene rings is 2. The van der Waals surface area contributed by atoms with E-state index >= 15 is 0 Å². The number of carbonyl (C=O) groups excluding carboxylic acids is 1. The van der Waals surface area contributed by atoms with Crippen molar-refractivity contribution in [3.8, 4) is 11.3 Å². The van der Waals surface area contributed by atoms with Crippen LogP contribution in [0.5, 0.6) is 0 Å². The first-order valence-electron chi connectivity index (χ1n) is 12.2. The van der Waals surface area contributed by atoms with Crippen molar-refractivity contribution in [2.24, 2.45) is 5.14 Å². The van der Waals surface area contributed by atoms with Crippen molar-refractivity contribution in [1.82, 2.24) is 24.8 Å². The Hall–Kier alpha value is -4.08. The Kier molecular flexibility index (Phi) is 7.44. The number of nitrogens with one attached hydrogen (secondary N) is 2. The van der Waals surface area contributed by atoms with Gasteiger partial charge in [0.15, 0.2) is 5.65 Å². The molecule has 1 saturated heterocycles. The first-order chi connectivity index (χ1) is 19.0. The van der Waals surface area contributed by atoms with Crippen LogP contribution in [0.2, 0.25) is 0 Å². The second kappa shape index (κ2) is 10.8. The quantitative estimate of drug-likeness (QED) is 0.300. The third kappa shape index (κ3) is 6.05.